The molecule has 0 bridgehead atoms. The number of aromatic nitrogens is 1. The van der Waals surface area contributed by atoms with E-state index in [0.717, 1.165) is 45.4 Å². The first-order chi connectivity index (χ1) is 10.7. The van der Waals surface area contributed by atoms with Gasteiger partial charge in [0.1, 0.15) is 5.69 Å². The fourth-order valence-corrected chi connectivity index (χ4v) is 3.47. The highest BCUT2D eigenvalue weighted by molar-refractivity contribution is 7.03. The van der Waals surface area contributed by atoms with E-state index in [1.54, 1.807) is 6.07 Å². The molecule has 0 aromatic carbocycles. The van der Waals surface area contributed by atoms with Crippen LogP contribution in [0.2, 0.25) is 0 Å². The van der Waals surface area contributed by atoms with Crippen LogP contribution in [0.25, 0.3) is 0 Å². The highest BCUT2D eigenvalue weighted by Gasteiger charge is 2.25. The van der Waals surface area contributed by atoms with Gasteiger partial charge in [-0.1, -0.05) is 0 Å². The number of piperidine rings is 1. The Bertz CT molecular complexity index is 478. The molecular formula is C16H25N3O2S. The van der Waals surface area contributed by atoms with Crippen molar-refractivity contribution in [3.8, 4) is 0 Å². The molecule has 2 heterocycles. The van der Waals surface area contributed by atoms with Crippen molar-refractivity contribution < 1.29 is 9.59 Å². The molecule has 0 N–H and O–H groups in total. The first kappa shape index (κ1) is 16.9. The molecular weight excluding hydrogens is 298 g/mol. The second-order valence-electron chi connectivity index (χ2n) is 5.72. The van der Waals surface area contributed by atoms with E-state index >= 15 is 0 Å². The Hall–Kier alpha value is -1.43. The molecule has 1 aromatic rings. The van der Waals surface area contributed by atoms with Gasteiger partial charge in [-0.2, -0.15) is 4.37 Å². The Morgan fingerprint density at radius 2 is 2.00 bits per heavy atom. The maximum absolute atomic E-state index is 12.2. The summed E-state index contributed by atoms with van der Waals surface area (Å²) >= 11 is 1.31. The molecule has 1 aromatic heterocycles. The van der Waals surface area contributed by atoms with Crippen LogP contribution in [0.15, 0.2) is 11.4 Å². The smallest absolute Gasteiger partial charge is 0.273 e. The molecule has 1 aliphatic rings. The molecule has 5 nitrogen and oxygen atoms in total. The van der Waals surface area contributed by atoms with Gasteiger partial charge in [-0.25, -0.2) is 0 Å². The Kier molecular flexibility index (Phi) is 6.36. The van der Waals surface area contributed by atoms with Crippen molar-refractivity contribution in [2.75, 3.05) is 26.2 Å². The van der Waals surface area contributed by atoms with Crippen molar-refractivity contribution in [1.82, 2.24) is 14.2 Å². The zero-order chi connectivity index (χ0) is 15.9. The van der Waals surface area contributed by atoms with Gasteiger partial charge in [-0.05, 0) is 56.6 Å². The van der Waals surface area contributed by atoms with Gasteiger partial charge in [-0.15, -0.1) is 0 Å². The lowest BCUT2D eigenvalue weighted by Gasteiger charge is -2.31. The summed E-state index contributed by atoms with van der Waals surface area (Å²) in [6.07, 6.45) is 3.54. The van der Waals surface area contributed by atoms with E-state index < -0.39 is 0 Å². The molecule has 0 radical (unpaired) electrons. The minimum absolute atomic E-state index is 0.0407. The summed E-state index contributed by atoms with van der Waals surface area (Å²) in [5, 5.41) is 1.83. The minimum atomic E-state index is 0.0407. The van der Waals surface area contributed by atoms with Crippen molar-refractivity contribution in [1.29, 1.82) is 0 Å². The standard InChI is InChI=1S/C16H25N3O2S/c1-3-18(4-2)15(20)6-5-13-7-10-19(11-8-13)16(21)14-9-12-22-17-14/h9,12-13H,3-8,10-11H2,1-2H3. The molecule has 1 saturated heterocycles. The van der Waals surface area contributed by atoms with Crippen molar-refractivity contribution in [2.45, 2.75) is 39.5 Å². The predicted octanol–water partition coefficient (Wildman–Crippen LogP) is 2.64. The van der Waals surface area contributed by atoms with Crippen LogP contribution >= 0.6 is 11.5 Å². The Morgan fingerprint density at radius 1 is 1.32 bits per heavy atom. The van der Waals surface area contributed by atoms with Gasteiger partial charge in [0.05, 0.1) is 0 Å². The number of rotatable bonds is 6. The van der Waals surface area contributed by atoms with E-state index in [9.17, 15) is 9.59 Å². The predicted molar refractivity (Wildman–Crippen MR) is 87.9 cm³/mol. The zero-order valence-corrected chi connectivity index (χ0v) is 14.3. The van der Waals surface area contributed by atoms with Crippen molar-refractivity contribution >= 4 is 23.3 Å². The third kappa shape index (κ3) is 4.29. The third-order valence-corrected chi connectivity index (χ3v) is 5.00. The largest absolute Gasteiger partial charge is 0.343 e. The molecule has 2 rings (SSSR count). The Morgan fingerprint density at radius 3 is 2.55 bits per heavy atom. The molecule has 22 heavy (non-hydrogen) atoms. The summed E-state index contributed by atoms with van der Waals surface area (Å²) in [6, 6.07) is 1.78. The molecule has 6 heteroatoms. The van der Waals surface area contributed by atoms with Crippen molar-refractivity contribution in [2.24, 2.45) is 5.92 Å². The van der Waals surface area contributed by atoms with Gasteiger partial charge >= 0.3 is 0 Å². The number of likely N-dealkylation sites (tertiary alicyclic amines) is 1. The van der Waals surface area contributed by atoms with Gasteiger partial charge < -0.3 is 9.80 Å². The fourth-order valence-electron chi connectivity index (χ4n) is 2.97. The normalized spacial score (nSPS) is 15.8. The average molecular weight is 323 g/mol. The zero-order valence-electron chi connectivity index (χ0n) is 13.5. The van der Waals surface area contributed by atoms with E-state index in [-0.39, 0.29) is 11.8 Å². The topological polar surface area (TPSA) is 53.5 Å². The average Bonchev–Trinajstić information content (AvgIpc) is 3.08. The van der Waals surface area contributed by atoms with Crippen LogP contribution in [0.4, 0.5) is 0 Å². The summed E-state index contributed by atoms with van der Waals surface area (Å²) in [4.78, 5) is 28.0. The number of carbonyl (C=O) groups excluding carboxylic acids is 2. The highest BCUT2D eigenvalue weighted by atomic mass is 32.1. The summed E-state index contributed by atoms with van der Waals surface area (Å²) in [6.45, 7) is 7.17. The SMILES string of the molecule is CCN(CC)C(=O)CCC1CCN(C(=O)c2ccsn2)CC1. The molecule has 1 fully saturated rings. The van der Waals surface area contributed by atoms with Crippen LogP contribution < -0.4 is 0 Å². The lowest BCUT2D eigenvalue weighted by atomic mass is 9.92. The molecule has 0 unspecified atom stereocenters. The quantitative estimate of drug-likeness (QED) is 0.809. The monoisotopic (exact) mass is 323 g/mol. The number of hydrogen-bond acceptors (Lipinski definition) is 4. The van der Waals surface area contributed by atoms with Gasteiger partial charge in [-0.3, -0.25) is 9.59 Å². The van der Waals surface area contributed by atoms with Gasteiger partial charge in [0, 0.05) is 38.0 Å². The molecule has 0 saturated carbocycles. The first-order valence-corrected chi connectivity index (χ1v) is 8.96. The number of hydrogen-bond donors (Lipinski definition) is 0. The lowest BCUT2D eigenvalue weighted by Crippen LogP contribution is -2.39. The van der Waals surface area contributed by atoms with Gasteiger partial charge in [0.25, 0.3) is 5.91 Å². The van der Waals surface area contributed by atoms with Gasteiger partial charge in [0.2, 0.25) is 5.91 Å². The molecule has 0 aliphatic carbocycles. The maximum atomic E-state index is 12.2. The van der Waals surface area contributed by atoms with E-state index in [1.807, 2.05) is 29.0 Å². The van der Waals surface area contributed by atoms with E-state index in [4.69, 9.17) is 0 Å². The van der Waals surface area contributed by atoms with Gasteiger partial charge in [0.15, 0.2) is 0 Å². The fraction of sp³-hybridized carbons (Fsp3) is 0.688. The summed E-state index contributed by atoms with van der Waals surface area (Å²) in [7, 11) is 0. The minimum Gasteiger partial charge on any atom is -0.343 e. The van der Waals surface area contributed by atoms with Crippen molar-refractivity contribution in [3.05, 3.63) is 17.1 Å². The van der Waals surface area contributed by atoms with Crippen LogP contribution in [0, 0.1) is 5.92 Å². The van der Waals surface area contributed by atoms with Crippen LogP contribution in [-0.2, 0) is 4.79 Å². The van der Waals surface area contributed by atoms with Crippen LogP contribution in [0.5, 0.6) is 0 Å². The lowest BCUT2D eigenvalue weighted by molar-refractivity contribution is -0.131. The van der Waals surface area contributed by atoms with Crippen LogP contribution in [0.1, 0.15) is 50.0 Å². The van der Waals surface area contributed by atoms with Crippen LogP contribution in [-0.4, -0.2) is 52.2 Å². The van der Waals surface area contributed by atoms with E-state index in [0.29, 0.717) is 18.0 Å². The Balaban J connectivity index is 1.73. The van der Waals surface area contributed by atoms with Crippen molar-refractivity contribution in [3.63, 3.8) is 0 Å². The molecule has 2 amide bonds. The van der Waals surface area contributed by atoms with E-state index in [1.165, 1.54) is 11.5 Å². The summed E-state index contributed by atoms with van der Waals surface area (Å²) in [5.74, 6) is 0.851. The second-order valence-corrected chi connectivity index (χ2v) is 6.39. The third-order valence-electron chi connectivity index (χ3n) is 4.44. The maximum Gasteiger partial charge on any atom is 0.273 e. The van der Waals surface area contributed by atoms with E-state index in [2.05, 4.69) is 4.37 Å². The number of amides is 2. The first-order valence-electron chi connectivity index (χ1n) is 8.13. The Labute approximate surface area is 136 Å². The molecule has 0 spiro atoms. The molecule has 0 atom stereocenters. The molecule has 122 valence electrons. The number of nitrogens with zero attached hydrogens (tertiary/aromatic N) is 3. The van der Waals surface area contributed by atoms with Crippen LogP contribution in [0.3, 0.4) is 0 Å². The summed E-state index contributed by atoms with van der Waals surface area (Å²) < 4.78 is 4.11. The second kappa shape index (κ2) is 8.27. The molecule has 1 aliphatic heterocycles. The summed E-state index contributed by atoms with van der Waals surface area (Å²) in [5.41, 5.74) is 0.556. The number of carbonyl (C=O) groups is 2. The highest BCUT2D eigenvalue weighted by Crippen LogP contribution is 2.23.